The van der Waals surface area contributed by atoms with Crippen LogP contribution in [0.25, 0.3) is 0 Å². The quantitative estimate of drug-likeness (QED) is 0.661. The molecule has 1 saturated heterocycles. The van der Waals surface area contributed by atoms with Gasteiger partial charge in [-0.2, -0.15) is 0 Å². The van der Waals surface area contributed by atoms with E-state index in [-0.39, 0.29) is 29.7 Å². The Bertz CT molecular complexity index is 905. The summed E-state index contributed by atoms with van der Waals surface area (Å²) in [5, 5.41) is 5.69. The molecule has 140 valence electrons. The van der Waals surface area contributed by atoms with E-state index in [0.717, 1.165) is 29.8 Å². The van der Waals surface area contributed by atoms with E-state index in [9.17, 15) is 19.2 Å². The molecule has 2 aliphatic heterocycles. The monoisotopic (exact) mass is 368 g/mol. The van der Waals surface area contributed by atoms with Crippen molar-refractivity contribution in [3.8, 4) is 0 Å². The molecule has 6 rings (SSSR count). The number of rotatable bonds is 4. The summed E-state index contributed by atoms with van der Waals surface area (Å²) in [5.74, 6) is -1.94. The Kier molecular flexibility index (Phi) is 3.14. The second-order valence-corrected chi connectivity index (χ2v) is 8.35. The lowest BCUT2D eigenvalue weighted by Crippen LogP contribution is -2.73. The third kappa shape index (κ3) is 2.19. The second kappa shape index (κ2) is 5.16. The summed E-state index contributed by atoms with van der Waals surface area (Å²) in [6, 6.07) is 4.19. The minimum atomic E-state index is -0.937. The van der Waals surface area contributed by atoms with Crippen LogP contribution < -0.4 is 16.4 Å². The second-order valence-electron chi connectivity index (χ2n) is 8.35. The zero-order valence-corrected chi connectivity index (χ0v) is 14.7. The Morgan fingerprint density at radius 2 is 1.81 bits per heavy atom. The van der Waals surface area contributed by atoms with Crippen molar-refractivity contribution in [1.82, 2.24) is 10.2 Å². The molecule has 8 heteroatoms. The van der Waals surface area contributed by atoms with E-state index in [2.05, 4.69) is 10.6 Å². The number of fused-ring (bicyclic) bond motifs is 1. The minimum absolute atomic E-state index is 0.0581. The molecule has 1 unspecified atom stereocenters. The predicted octanol–water partition coefficient (Wildman–Crippen LogP) is 0.381. The molecule has 4 amide bonds. The number of imide groups is 2. The molecule has 8 nitrogen and oxygen atoms in total. The van der Waals surface area contributed by atoms with Crippen LogP contribution in [0.1, 0.15) is 52.8 Å². The maximum Gasteiger partial charge on any atom is 0.262 e. The zero-order chi connectivity index (χ0) is 19.0. The van der Waals surface area contributed by atoms with Gasteiger partial charge in [-0.25, -0.2) is 0 Å². The van der Waals surface area contributed by atoms with Gasteiger partial charge in [0.1, 0.15) is 6.04 Å². The van der Waals surface area contributed by atoms with Gasteiger partial charge in [-0.1, -0.05) is 0 Å². The van der Waals surface area contributed by atoms with Gasteiger partial charge in [-0.15, -0.1) is 0 Å². The predicted molar refractivity (Wildman–Crippen MR) is 94.8 cm³/mol. The van der Waals surface area contributed by atoms with E-state index in [1.165, 1.54) is 0 Å². The first kappa shape index (κ1) is 16.4. The molecule has 1 aromatic rings. The number of amides is 4. The van der Waals surface area contributed by atoms with Crippen LogP contribution in [-0.4, -0.2) is 46.7 Å². The number of hydrogen-bond acceptors (Lipinski definition) is 6. The van der Waals surface area contributed by atoms with Gasteiger partial charge in [0, 0.05) is 17.6 Å². The standard InChI is InChI=1S/C19H20N4O4/c20-9-18-6-19(7-18,8-18)22-10-1-2-11-12(5-10)17(27)23(16(11)26)13-3-4-14(24)21-15(13)25/h1-2,5,13,22H,3-4,6-9,20H2,(H,21,24,25). The lowest BCUT2D eigenvalue weighted by atomic mass is 9.39. The lowest BCUT2D eigenvalue weighted by molar-refractivity contribution is -0.136. The molecule has 0 spiro atoms. The van der Waals surface area contributed by atoms with Crippen LogP contribution in [0.3, 0.4) is 0 Å². The summed E-state index contributed by atoms with van der Waals surface area (Å²) < 4.78 is 0. The van der Waals surface area contributed by atoms with Crippen molar-refractivity contribution < 1.29 is 19.2 Å². The van der Waals surface area contributed by atoms with E-state index >= 15 is 0 Å². The smallest absolute Gasteiger partial charge is 0.262 e. The first-order valence-electron chi connectivity index (χ1n) is 9.19. The van der Waals surface area contributed by atoms with Crippen molar-refractivity contribution in [1.29, 1.82) is 0 Å². The Balaban J connectivity index is 1.37. The highest BCUT2D eigenvalue weighted by Gasteiger charge is 2.67. The van der Waals surface area contributed by atoms with Crippen molar-refractivity contribution >= 4 is 29.3 Å². The molecule has 4 N–H and O–H groups in total. The topological polar surface area (TPSA) is 122 Å². The maximum atomic E-state index is 12.8. The number of carbonyl (C=O) groups excluding carboxylic acids is 4. The van der Waals surface area contributed by atoms with Crippen LogP contribution in [0, 0.1) is 5.41 Å². The highest BCUT2D eigenvalue weighted by Crippen LogP contribution is 2.67. The largest absolute Gasteiger partial charge is 0.380 e. The first-order valence-corrected chi connectivity index (χ1v) is 9.19. The fraction of sp³-hybridized carbons (Fsp3) is 0.474. The molecule has 3 saturated carbocycles. The zero-order valence-electron chi connectivity index (χ0n) is 14.7. The molecule has 3 aliphatic carbocycles. The molecular formula is C19H20N4O4. The summed E-state index contributed by atoms with van der Waals surface area (Å²) in [6.45, 7) is 0.703. The number of benzene rings is 1. The van der Waals surface area contributed by atoms with Crippen LogP contribution >= 0.6 is 0 Å². The SMILES string of the molecule is NCC12CC(Nc3ccc4c(c3)C(=O)N(C3CCC(=O)NC3=O)C4=O)(C1)C2. The normalized spacial score (nSPS) is 34.0. The van der Waals surface area contributed by atoms with Gasteiger partial charge in [-0.05, 0) is 55.8 Å². The van der Waals surface area contributed by atoms with Gasteiger partial charge in [0.05, 0.1) is 11.1 Å². The Hall–Kier alpha value is -2.74. The molecule has 0 aromatic heterocycles. The number of piperidine rings is 1. The van der Waals surface area contributed by atoms with Crippen molar-refractivity contribution in [3.63, 3.8) is 0 Å². The van der Waals surface area contributed by atoms with Crippen molar-refractivity contribution in [3.05, 3.63) is 29.3 Å². The Morgan fingerprint density at radius 1 is 1.11 bits per heavy atom. The molecular weight excluding hydrogens is 348 g/mol. The van der Waals surface area contributed by atoms with E-state index < -0.39 is 23.8 Å². The highest BCUT2D eigenvalue weighted by molar-refractivity contribution is 6.23. The summed E-state index contributed by atoms with van der Waals surface area (Å²) in [7, 11) is 0. The fourth-order valence-corrected chi connectivity index (χ4v) is 5.20. The number of nitrogens with one attached hydrogen (secondary N) is 2. The summed E-state index contributed by atoms with van der Waals surface area (Å²) in [5.41, 5.74) is 7.55. The summed E-state index contributed by atoms with van der Waals surface area (Å²) in [4.78, 5) is 50.0. The third-order valence-electron chi connectivity index (χ3n) is 6.42. The Labute approximate surface area is 155 Å². The average Bonchev–Trinajstić information content (AvgIpc) is 2.81. The number of anilines is 1. The molecule has 1 aromatic carbocycles. The molecule has 5 aliphatic rings. The molecule has 2 heterocycles. The van der Waals surface area contributed by atoms with Crippen LogP contribution in [-0.2, 0) is 9.59 Å². The van der Waals surface area contributed by atoms with Gasteiger partial charge < -0.3 is 11.1 Å². The van der Waals surface area contributed by atoms with Crippen molar-refractivity contribution in [2.24, 2.45) is 11.1 Å². The van der Waals surface area contributed by atoms with E-state index in [0.29, 0.717) is 17.7 Å². The van der Waals surface area contributed by atoms with Crippen LogP contribution in [0.2, 0.25) is 0 Å². The van der Waals surface area contributed by atoms with E-state index in [4.69, 9.17) is 5.73 Å². The van der Waals surface area contributed by atoms with E-state index in [1.54, 1.807) is 18.2 Å². The number of nitrogens with two attached hydrogens (primary N) is 1. The summed E-state index contributed by atoms with van der Waals surface area (Å²) in [6.07, 6.45) is 3.36. The molecule has 4 fully saturated rings. The van der Waals surface area contributed by atoms with Crippen molar-refractivity contribution in [2.75, 3.05) is 11.9 Å². The lowest BCUT2D eigenvalue weighted by Gasteiger charge is -2.71. The minimum Gasteiger partial charge on any atom is -0.380 e. The third-order valence-corrected chi connectivity index (χ3v) is 6.42. The fourth-order valence-electron chi connectivity index (χ4n) is 5.20. The van der Waals surface area contributed by atoms with Crippen LogP contribution in [0.5, 0.6) is 0 Å². The van der Waals surface area contributed by atoms with Gasteiger partial charge in [-0.3, -0.25) is 29.4 Å². The van der Waals surface area contributed by atoms with Crippen LogP contribution in [0.15, 0.2) is 18.2 Å². The van der Waals surface area contributed by atoms with Gasteiger partial charge in [0.15, 0.2) is 0 Å². The van der Waals surface area contributed by atoms with E-state index in [1.807, 2.05) is 0 Å². The molecule has 1 atom stereocenters. The average molecular weight is 368 g/mol. The van der Waals surface area contributed by atoms with Crippen molar-refractivity contribution in [2.45, 2.75) is 43.7 Å². The Morgan fingerprint density at radius 3 is 2.48 bits per heavy atom. The molecule has 0 radical (unpaired) electrons. The molecule has 2 bridgehead atoms. The number of nitrogens with zero attached hydrogens (tertiary/aromatic N) is 1. The van der Waals surface area contributed by atoms with Gasteiger partial charge in [0.25, 0.3) is 11.8 Å². The highest BCUT2D eigenvalue weighted by atomic mass is 16.2. The van der Waals surface area contributed by atoms with Gasteiger partial charge >= 0.3 is 0 Å². The number of carbonyl (C=O) groups is 4. The number of hydrogen-bond donors (Lipinski definition) is 3. The van der Waals surface area contributed by atoms with Crippen LogP contribution in [0.4, 0.5) is 5.69 Å². The molecule has 27 heavy (non-hydrogen) atoms. The van der Waals surface area contributed by atoms with Gasteiger partial charge in [0.2, 0.25) is 11.8 Å². The summed E-state index contributed by atoms with van der Waals surface area (Å²) >= 11 is 0. The first-order chi connectivity index (χ1) is 12.9. The maximum absolute atomic E-state index is 12.8.